The highest BCUT2D eigenvalue weighted by Crippen LogP contribution is 2.20. The normalized spacial score (nSPS) is 13.0. The third-order valence-corrected chi connectivity index (χ3v) is 2.62. The minimum Gasteiger partial charge on any atom is -0.320 e. The molecule has 0 aliphatic carbocycles. The molecule has 1 amide bonds. The molecule has 1 aromatic heterocycles. The van der Waals surface area contributed by atoms with Gasteiger partial charge >= 0.3 is 0 Å². The number of hydrogen-bond acceptors (Lipinski definition) is 3. The van der Waals surface area contributed by atoms with Crippen molar-refractivity contribution in [2.75, 3.05) is 5.32 Å². The molecule has 0 spiro atoms. The lowest BCUT2D eigenvalue weighted by Crippen LogP contribution is -2.39. The number of H-pyrrole nitrogens is 1. The van der Waals surface area contributed by atoms with Crippen molar-refractivity contribution in [2.45, 2.75) is 47.1 Å². The Kier molecular flexibility index (Phi) is 6.52. The van der Waals surface area contributed by atoms with E-state index >= 15 is 0 Å². The van der Waals surface area contributed by atoms with E-state index in [0.717, 1.165) is 12.1 Å². The number of nitrogens with zero attached hydrogens (tertiary/aromatic N) is 1. The Labute approximate surface area is 121 Å². The van der Waals surface area contributed by atoms with Crippen molar-refractivity contribution in [3.8, 4) is 0 Å². The molecule has 0 radical (unpaired) electrons. The summed E-state index contributed by atoms with van der Waals surface area (Å²) in [6, 6.07) is 1.35. The number of hydrogen-bond donors (Lipinski definition) is 3. The van der Waals surface area contributed by atoms with Gasteiger partial charge in [-0.15, -0.1) is 12.4 Å². The zero-order valence-electron chi connectivity index (χ0n) is 12.3. The second kappa shape index (κ2) is 6.91. The summed E-state index contributed by atoms with van der Waals surface area (Å²) in [4.78, 5) is 11.8. The zero-order chi connectivity index (χ0) is 13.9. The lowest BCUT2D eigenvalue weighted by Gasteiger charge is -2.16. The van der Waals surface area contributed by atoms with Crippen LogP contribution in [0.5, 0.6) is 0 Å². The standard InChI is InChI=1S/C13H24N4O.ClH/c1-8(2)11(14)12(18)15-10-6-9(16-17-10)7-13(3,4)5;/h6,8,11H,7,14H2,1-5H3,(H2,15,16,17,18);1H/t11-;/m0./s1. The van der Waals surface area contributed by atoms with Crippen LogP contribution in [0.2, 0.25) is 0 Å². The van der Waals surface area contributed by atoms with Crippen LogP contribution in [0, 0.1) is 11.3 Å². The Morgan fingerprint density at radius 2 is 2.05 bits per heavy atom. The van der Waals surface area contributed by atoms with Crippen LogP contribution in [0.4, 0.5) is 5.82 Å². The fourth-order valence-electron chi connectivity index (χ4n) is 1.60. The fraction of sp³-hybridized carbons (Fsp3) is 0.692. The molecule has 1 aromatic rings. The van der Waals surface area contributed by atoms with Crippen LogP contribution in [0.3, 0.4) is 0 Å². The van der Waals surface area contributed by atoms with Gasteiger partial charge in [0.15, 0.2) is 5.82 Å². The number of anilines is 1. The smallest absolute Gasteiger partial charge is 0.242 e. The molecule has 0 saturated carbocycles. The summed E-state index contributed by atoms with van der Waals surface area (Å²) >= 11 is 0. The van der Waals surface area contributed by atoms with Gasteiger partial charge in [0.1, 0.15) is 0 Å². The van der Waals surface area contributed by atoms with Crippen molar-refractivity contribution in [1.29, 1.82) is 0 Å². The molecule has 1 atom stereocenters. The van der Waals surface area contributed by atoms with E-state index in [1.807, 2.05) is 19.9 Å². The van der Waals surface area contributed by atoms with Crippen LogP contribution in [0.25, 0.3) is 0 Å². The van der Waals surface area contributed by atoms with Gasteiger partial charge < -0.3 is 11.1 Å². The Balaban J connectivity index is 0.00000324. The molecule has 0 fully saturated rings. The maximum absolute atomic E-state index is 11.8. The molecule has 0 aromatic carbocycles. The van der Waals surface area contributed by atoms with E-state index in [1.165, 1.54) is 0 Å². The number of carbonyl (C=O) groups is 1. The quantitative estimate of drug-likeness (QED) is 0.795. The maximum Gasteiger partial charge on any atom is 0.242 e. The Morgan fingerprint density at radius 3 is 2.53 bits per heavy atom. The lowest BCUT2D eigenvalue weighted by molar-refractivity contribution is -0.118. The molecule has 1 rings (SSSR count). The van der Waals surface area contributed by atoms with Gasteiger partial charge in [-0.1, -0.05) is 34.6 Å². The molecular weight excluding hydrogens is 264 g/mol. The van der Waals surface area contributed by atoms with Crippen LogP contribution in [0.15, 0.2) is 6.07 Å². The number of halogens is 1. The van der Waals surface area contributed by atoms with E-state index in [-0.39, 0.29) is 29.6 Å². The van der Waals surface area contributed by atoms with Gasteiger partial charge in [-0.2, -0.15) is 5.10 Å². The average molecular weight is 289 g/mol. The summed E-state index contributed by atoms with van der Waals surface area (Å²) in [6.07, 6.45) is 0.881. The number of nitrogens with two attached hydrogens (primary N) is 1. The molecule has 0 aliphatic rings. The molecule has 0 bridgehead atoms. The van der Waals surface area contributed by atoms with Gasteiger partial charge in [0.2, 0.25) is 5.91 Å². The molecule has 110 valence electrons. The van der Waals surface area contributed by atoms with Gasteiger partial charge in [0.25, 0.3) is 0 Å². The van der Waals surface area contributed by atoms with Gasteiger partial charge in [-0.05, 0) is 17.8 Å². The number of aromatic amines is 1. The molecular formula is C13H25ClN4O. The maximum atomic E-state index is 11.8. The predicted octanol–water partition coefficient (Wildman–Crippen LogP) is 2.34. The number of carbonyl (C=O) groups excluding carboxylic acids is 1. The van der Waals surface area contributed by atoms with E-state index in [4.69, 9.17) is 5.73 Å². The van der Waals surface area contributed by atoms with Crippen LogP contribution in [-0.4, -0.2) is 22.1 Å². The van der Waals surface area contributed by atoms with Crippen molar-refractivity contribution in [3.05, 3.63) is 11.8 Å². The summed E-state index contributed by atoms with van der Waals surface area (Å²) in [5.74, 6) is 0.451. The van der Waals surface area contributed by atoms with Crippen molar-refractivity contribution in [1.82, 2.24) is 10.2 Å². The Hall–Kier alpha value is -1.07. The monoisotopic (exact) mass is 288 g/mol. The minimum absolute atomic E-state index is 0. The van der Waals surface area contributed by atoms with Crippen molar-refractivity contribution in [3.63, 3.8) is 0 Å². The highest BCUT2D eigenvalue weighted by molar-refractivity contribution is 5.94. The van der Waals surface area contributed by atoms with Crippen LogP contribution in [0.1, 0.15) is 40.3 Å². The SMILES string of the molecule is CC(C)[C@H](N)C(=O)Nc1cc(CC(C)(C)C)[nH]n1.Cl. The summed E-state index contributed by atoms with van der Waals surface area (Å²) in [5, 5.41) is 9.72. The van der Waals surface area contributed by atoms with E-state index in [1.54, 1.807) is 0 Å². The first-order valence-electron chi connectivity index (χ1n) is 6.30. The number of rotatable bonds is 4. The largest absolute Gasteiger partial charge is 0.320 e. The van der Waals surface area contributed by atoms with Gasteiger partial charge in [0, 0.05) is 11.8 Å². The first-order valence-corrected chi connectivity index (χ1v) is 6.30. The molecule has 5 nitrogen and oxygen atoms in total. The summed E-state index contributed by atoms with van der Waals surface area (Å²) in [6.45, 7) is 10.3. The van der Waals surface area contributed by atoms with Gasteiger partial charge in [0.05, 0.1) is 6.04 Å². The summed E-state index contributed by atoms with van der Waals surface area (Å²) in [7, 11) is 0. The number of aromatic nitrogens is 2. The highest BCUT2D eigenvalue weighted by atomic mass is 35.5. The van der Waals surface area contributed by atoms with Crippen molar-refractivity contribution >= 4 is 24.1 Å². The number of amides is 1. The average Bonchev–Trinajstić information content (AvgIpc) is 2.61. The van der Waals surface area contributed by atoms with E-state index in [9.17, 15) is 4.79 Å². The van der Waals surface area contributed by atoms with Gasteiger partial charge in [-0.3, -0.25) is 9.89 Å². The molecule has 1 heterocycles. The number of nitrogens with one attached hydrogen (secondary N) is 2. The summed E-state index contributed by atoms with van der Waals surface area (Å²) in [5.41, 5.74) is 6.96. The molecule has 6 heteroatoms. The van der Waals surface area contributed by atoms with Crippen LogP contribution < -0.4 is 11.1 Å². The third-order valence-electron chi connectivity index (χ3n) is 2.62. The zero-order valence-corrected chi connectivity index (χ0v) is 13.1. The van der Waals surface area contributed by atoms with Crippen molar-refractivity contribution < 1.29 is 4.79 Å². The third kappa shape index (κ3) is 6.07. The van der Waals surface area contributed by atoms with E-state index < -0.39 is 6.04 Å². The molecule has 0 aliphatic heterocycles. The molecule has 19 heavy (non-hydrogen) atoms. The van der Waals surface area contributed by atoms with Crippen LogP contribution in [-0.2, 0) is 11.2 Å². The molecule has 4 N–H and O–H groups in total. The summed E-state index contributed by atoms with van der Waals surface area (Å²) < 4.78 is 0. The first-order chi connectivity index (χ1) is 8.19. The topological polar surface area (TPSA) is 83.8 Å². The fourth-order valence-corrected chi connectivity index (χ4v) is 1.60. The van der Waals surface area contributed by atoms with Crippen LogP contribution >= 0.6 is 12.4 Å². The molecule has 0 unspecified atom stereocenters. The predicted molar refractivity (Wildman–Crippen MR) is 80.4 cm³/mol. The van der Waals surface area contributed by atoms with E-state index in [2.05, 4.69) is 36.3 Å². The highest BCUT2D eigenvalue weighted by Gasteiger charge is 2.19. The molecule has 0 saturated heterocycles. The second-order valence-corrected chi connectivity index (χ2v) is 6.27. The Morgan fingerprint density at radius 1 is 1.47 bits per heavy atom. The minimum atomic E-state index is -0.507. The first kappa shape index (κ1) is 17.9. The lowest BCUT2D eigenvalue weighted by atomic mass is 9.91. The van der Waals surface area contributed by atoms with Crippen molar-refractivity contribution in [2.24, 2.45) is 17.1 Å². The van der Waals surface area contributed by atoms with Gasteiger partial charge in [-0.25, -0.2) is 0 Å². The second-order valence-electron chi connectivity index (χ2n) is 6.27. The Bertz CT molecular complexity index is 409. The van der Waals surface area contributed by atoms with E-state index in [0.29, 0.717) is 5.82 Å².